The summed E-state index contributed by atoms with van der Waals surface area (Å²) >= 11 is 0. The summed E-state index contributed by atoms with van der Waals surface area (Å²) in [5.41, 5.74) is 5.58. The highest BCUT2D eigenvalue weighted by Crippen LogP contribution is 2.13. The van der Waals surface area contributed by atoms with E-state index in [1.54, 1.807) is 17.2 Å². The fourth-order valence-corrected chi connectivity index (χ4v) is 1.37. The monoisotopic (exact) mass is 194 g/mol. The zero-order valence-corrected chi connectivity index (χ0v) is 8.03. The predicted octanol–water partition coefficient (Wildman–Crippen LogP) is 0.554. The second-order valence-electron chi connectivity index (χ2n) is 3.20. The van der Waals surface area contributed by atoms with Crippen LogP contribution in [0.5, 0.6) is 0 Å². The summed E-state index contributed by atoms with van der Waals surface area (Å²) < 4.78 is 0. The van der Waals surface area contributed by atoms with Crippen LogP contribution in [0.25, 0.3) is 0 Å². The molecule has 0 saturated carbocycles. The molecule has 1 aliphatic rings. The van der Waals surface area contributed by atoms with Crippen molar-refractivity contribution in [2.24, 2.45) is 5.73 Å². The fourth-order valence-electron chi connectivity index (χ4n) is 1.37. The minimum atomic E-state index is -0.496. The SMILES string of the molecule is C=CCC(=CN1CCCC1=O)C(N)=O. The zero-order chi connectivity index (χ0) is 10.6. The Morgan fingerprint density at radius 2 is 2.36 bits per heavy atom. The van der Waals surface area contributed by atoms with Crippen molar-refractivity contribution in [2.75, 3.05) is 6.54 Å². The van der Waals surface area contributed by atoms with Crippen molar-refractivity contribution in [1.82, 2.24) is 4.90 Å². The van der Waals surface area contributed by atoms with Gasteiger partial charge in [-0.1, -0.05) is 6.08 Å². The van der Waals surface area contributed by atoms with Crippen molar-refractivity contribution in [1.29, 1.82) is 0 Å². The van der Waals surface area contributed by atoms with Gasteiger partial charge in [-0.05, 0) is 12.8 Å². The molecule has 1 aliphatic heterocycles. The van der Waals surface area contributed by atoms with E-state index in [0.29, 0.717) is 25.0 Å². The molecule has 2 amide bonds. The first-order valence-electron chi connectivity index (χ1n) is 4.56. The molecule has 1 rings (SSSR count). The molecule has 0 unspecified atom stereocenters. The van der Waals surface area contributed by atoms with Crippen LogP contribution in [0.3, 0.4) is 0 Å². The van der Waals surface area contributed by atoms with E-state index in [1.807, 2.05) is 0 Å². The summed E-state index contributed by atoms with van der Waals surface area (Å²) in [6.45, 7) is 4.20. The molecule has 0 atom stereocenters. The van der Waals surface area contributed by atoms with Crippen molar-refractivity contribution < 1.29 is 9.59 Å². The topological polar surface area (TPSA) is 63.4 Å². The van der Waals surface area contributed by atoms with Gasteiger partial charge in [-0.25, -0.2) is 0 Å². The number of amides is 2. The van der Waals surface area contributed by atoms with Crippen molar-refractivity contribution >= 4 is 11.8 Å². The molecule has 1 saturated heterocycles. The number of nitrogens with zero attached hydrogens (tertiary/aromatic N) is 1. The van der Waals surface area contributed by atoms with Gasteiger partial charge in [0.05, 0.1) is 0 Å². The normalized spacial score (nSPS) is 17.3. The Kier molecular flexibility index (Phi) is 3.45. The van der Waals surface area contributed by atoms with E-state index >= 15 is 0 Å². The summed E-state index contributed by atoms with van der Waals surface area (Å²) in [5.74, 6) is -0.447. The number of likely N-dealkylation sites (tertiary alicyclic amines) is 1. The van der Waals surface area contributed by atoms with Crippen LogP contribution in [0.4, 0.5) is 0 Å². The van der Waals surface area contributed by atoms with Gasteiger partial charge >= 0.3 is 0 Å². The van der Waals surface area contributed by atoms with Gasteiger partial charge < -0.3 is 10.6 Å². The number of primary amides is 1. The zero-order valence-electron chi connectivity index (χ0n) is 8.03. The highest BCUT2D eigenvalue weighted by molar-refractivity contribution is 5.93. The van der Waals surface area contributed by atoms with Crippen molar-refractivity contribution in [3.8, 4) is 0 Å². The van der Waals surface area contributed by atoms with E-state index in [0.717, 1.165) is 6.42 Å². The van der Waals surface area contributed by atoms with Gasteiger partial charge in [-0.3, -0.25) is 9.59 Å². The van der Waals surface area contributed by atoms with Gasteiger partial charge in [0.15, 0.2) is 0 Å². The van der Waals surface area contributed by atoms with Crippen LogP contribution >= 0.6 is 0 Å². The summed E-state index contributed by atoms with van der Waals surface area (Å²) in [5, 5.41) is 0. The minimum Gasteiger partial charge on any atom is -0.366 e. The van der Waals surface area contributed by atoms with Crippen LogP contribution in [0.1, 0.15) is 19.3 Å². The van der Waals surface area contributed by atoms with Crippen LogP contribution in [0, 0.1) is 0 Å². The summed E-state index contributed by atoms with van der Waals surface area (Å²) in [6.07, 6.45) is 4.93. The first-order chi connectivity index (χ1) is 6.65. The lowest BCUT2D eigenvalue weighted by Crippen LogP contribution is -2.22. The third-order valence-electron chi connectivity index (χ3n) is 2.10. The maximum atomic E-state index is 11.2. The minimum absolute atomic E-state index is 0.0489. The number of hydrogen-bond acceptors (Lipinski definition) is 2. The van der Waals surface area contributed by atoms with Gasteiger partial charge in [0.25, 0.3) is 0 Å². The highest BCUT2D eigenvalue weighted by atomic mass is 16.2. The third kappa shape index (κ3) is 2.45. The van der Waals surface area contributed by atoms with Gasteiger partial charge in [0.1, 0.15) is 0 Å². The van der Waals surface area contributed by atoms with Gasteiger partial charge in [0.2, 0.25) is 11.8 Å². The molecule has 0 spiro atoms. The number of allylic oxidation sites excluding steroid dienone is 1. The molecule has 0 aromatic rings. The molecule has 2 N–H and O–H groups in total. The predicted molar refractivity (Wildman–Crippen MR) is 53.0 cm³/mol. The summed E-state index contributed by atoms with van der Waals surface area (Å²) in [7, 11) is 0. The highest BCUT2D eigenvalue weighted by Gasteiger charge is 2.19. The second-order valence-corrected chi connectivity index (χ2v) is 3.20. The Labute approximate surface area is 83.1 Å². The molecule has 4 heteroatoms. The maximum Gasteiger partial charge on any atom is 0.246 e. The Hall–Kier alpha value is -1.58. The Morgan fingerprint density at radius 1 is 1.64 bits per heavy atom. The van der Waals surface area contributed by atoms with Crippen LogP contribution in [-0.2, 0) is 9.59 Å². The molecule has 0 aromatic carbocycles. The smallest absolute Gasteiger partial charge is 0.246 e. The number of nitrogens with two attached hydrogens (primary N) is 1. The Balaban J connectivity index is 2.75. The van der Waals surface area contributed by atoms with Crippen LogP contribution in [-0.4, -0.2) is 23.3 Å². The van der Waals surface area contributed by atoms with Crippen LogP contribution in [0.2, 0.25) is 0 Å². The first-order valence-corrected chi connectivity index (χ1v) is 4.56. The Bertz CT molecular complexity index is 294. The molecule has 1 fully saturated rings. The second kappa shape index (κ2) is 4.60. The largest absolute Gasteiger partial charge is 0.366 e. The van der Waals surface area contributed by atoms with Crippen molar-refractivity contribution in [2.45, 2.75) is 19.3 Å². The van der Waals surface area contributed by atoms with Crippen molar-refractivity contribution in [3.05, 3.63) is 24.4 Å². The molecular weight excluding hydrogens is 180 g/mol. The van der Waals surface area contributed by atoms with E-state index in [1.165, 1.54) is 0 Å². The number of carbonyl (C=O) groups is 2. The summed E-state index contributed by atoms with van der Waals surface area (Å²) in [6, 6.07) is 0. The lowest BCUT2D eigenvalue weighted by Gasteiger charge is -2.10. The Morgan fingerprint density at radius 3 is 2.79 bits per heavy atom. The summed E-state index contributed by atoms with van der Waals surface area (Å²) in [4.78, 5) is 23.7. The fraction of sp³-hybridized carbons (Fsp3) is 0.400. The molecule has 76 valence electrons. The van der Waals surface area contributed by atoms with Gasteiger partial charge in [-0.2, -0.15) is 0 Å². The van der Waals surface area contributed by atoms with E-state index in [9.17, 15) is 9.59 Å². The molecular formula is C10H14N2O2. The van der Waals surface area contributed by atoms with Gasteiger partial charge in [-0.15, -0.1) is 6.58 Å². The molecule has 0 aliphatic carbocycles. The first kappa shape index (κ1) is 10.5. The van der Waals surface area contributed by atoms with Gasteiger partial charge in [0, 0.05) is 24.7 Å². The molecule has 4 nitrogen and oxygen atoms in total. The standard InChI is InChI=1S/C10H14N2O2/c1-2-4-8(10(11)14)7-12-6-3-5-9(12)13/h2,7H,1,3-6H2,(H2,11,14). The average Bonchev–Trinajstić information content (AvgIpc) is 2.51. The van der Waals surface area contributed by atoms with E-state index in [2.05, 4.69) is 6.58 Å². The third-order valence-corrected chi connectivity index (χ3v) is 2.10. The lowest BCUT2D eigenvalue weighted by atomic mass is 10.2. The molecule has 0 aromatic heterocycles. The van der Waals surface area contributed by atoms with Crippen LogP contribution < -0.4 is 5.73 Å². The molecule has 14 heavy (non-hydrogen) atoms. The van der Waals surface area contributed by atoms with E-state index < -0.39 is 5.91 Å². The van der Waals surface area contributed by atoms with E-state index in [4.69, 9.17) is 5.73 Å². The molecule has 0 bridgehead atoms. The maximum absolute atomic E-state index is 11.2. The number of carbonyl (C=O) groups excluding carboxylic acids is 2. The van der Waals surface area contributed by atoms with Crippen LogP contribution in [0.15, 0.2) is 24.4 Å². The van der Waals surface area contributed by atoms with E-state index in [-0.39, 0.29) is 5.91 Å². The molecule has 0 radical (unpaired) electrons. The molecule has 1 heterocycles. The lowest BCUT2D eigenvalue weighted by molar-refractivity contribution is -0.125. The van der Waals surface area contributed by atoms with Crippen molar-refractivity contribution in [3.63, 3.8) is 0 Å². The average molecular weight is 194 g/mol. The number of rotatable bonds is 4. The quantitative estimate of drug-likeness (QED) is 0.525. The number of hydrogen-bond donors (Lipinski definition) is 1.